The van der Waals surface area contributed by atoms with E-state index in [9.17, 15) is 9.18 Å². The molecule has 0 atom stereocenters. The molecule has 12 nitrogen and oxygen atoms in total. The molecule has 200 valence electrons. The molecular weight excluding hydrogens is 509 g/mol. The molecule has 0 fully saturated rings. The zero-order valence-electron chi connectivity index (χ0n) is 20.9. The van der Waals surface area contributed by atoms with Crippen LogP contribution in [0.4, 0.5) is 4.39 Å². The van der Waals surface area contributed by atoms with Crippen LogP contribution in [0, 0.1) is 0 Å². The lowest BCUT2D eigenvalue weighted by Crippen LogP contribution is -2.29. The summed E-state index contributed by atoms with van der Waals surface area (Å²) in [6, 6.07) is 13.8. The maximum Gasteiger partial charge on any atom is 0.493 e. The van der Waals surface area contributed by atoms with Gasteiger partial charge in [0.2, 0.25) is 5.88 Å². The van der Waals surface area contributed by atoms with Gasteiger partial charge >= 0.3 is 12.2 Å². The largest absolute Gasteiger partial charge is 0.493 e. The molecule has 0 radical (unpaired) electrons. The van der Waals surface area contributed by atoms with Crippen LogP contribution in [-0.4, -0.2) is 66.6 Å². The van der Waals surface area contributed by atoms with Gasteiger partial charge in [-0.1, -0.05) is 12.1 Å². The summed E-state index contributed by atoms with van der Waals surface area (Å²) in [6.07, 6.45) is -0.757. The standard InChI is InChI=1S/C26H24FN7O5/c1-15(35)38-14-16-3-6-18(7-4-16)34-24-20(32-25(34)22-23(28)29-11-12-33(22)2)9-8-19(31-24)17-5-10-21(30-13-17)39-26(27,36)37/h3-11,13,36-37H,12,14,28H2,1-2H3. The van der Waals surface area contributed by atoms with E-state index in [1.54, 1.807) is 24.4 Å². The van der Waals surface area contributed by atoms with Crippen molar-refractivity contribution in [2.75, 3.05) is 13.6 Å². The minimum absolute atomic E-state index is 0.147. The van der Waals surface area contributed by atoms with Crippen molar-refractivity contribution in [3.8, 4) is 22.8 Å². The van der Waals surface area contributed by atoms with Gasteiger partial charge in [0, 0.05) is 43.7 Å². The fourth-order valence-corrected chi connectivity index (χ4v) is 4.07. The number of nitrogens with zero attached hydrogens (tertiary/aromatic N) is 6. The lowest BCUT2D eigenvalue weighted by Gasteiger charge is -2.24. The van der Waals surface area contributed by atoms with Crippen molar-refractivity contribution in [1.29, 1.82) is 0 Å². The number of fused-ring (bicyclic) bond motifs is 1. The molecule has 1 aliphatic rings. The van der Waals surface area contributed by atoms with Crippen LogP contribution < -0.4 is 10.5 Å². The second kappa shape index (κ2) is 10.1. The Bertz CT molecular complexity index is 1590. The summed E-state index contributed by atoms with van der Waals surface area (Å²) in [4.78, 5) is 31.0. The maximum absolute atomic E-state index is 13.0. The molecule has 0 spiro atoms. The first-order valence-corrected chi connectivity index (χ1v) is 11.7. The Labute approximate surface area is 221 Å². The zero-order valence-corrected chi connectivity index (χ0v) is 20.9. The normalized spacial score (nSPS) is 13.7. The molecule has 0 saturated heterocycles. The van der Waals surface area contributed by atoms with Crippen LogP contribution in [0.5, 0.6) is 5.88 Å². The molecule has 0 saturated carbocycles. The first-order chi connectivity index (χ1) is 18.6. The number of hydrogen-bond donors (Lipinski definition) is 3. The summed E-state index contributed by atoms with van der Waals surface area (Å²) < 4.78 is 24.2. The average molecular weight is 534 g/mol. The molecule has 4 N–H and O–H groups in total. The topological polar surface area (TPSA) is 161 Å². The van der Waals surface area contributed by atoms with Crippen molar-refractivity contribution in [2.24, 2.45) is 10.7 Å². The number of nitrogens with two attached hydrogens (primary N) is 1. The van der Waals surface area contributed by atoms with Gasteiger partial charge in [0.05, 0.1) is 12.2 Å². The van der Waals surface area contributed by atoms with Crippen molar-refractivity contribution in [3.05, 3.63) is 71.9 Å². The molecule has 5 rings (SSSR count). The number of esters is 1. The van der Waals surface area contributed by atoms with E-state index in [0.29, 0.717) is 46.3 Å². The minimum Gasteiger partial charge on any atom is -0.461 e. The van der Waals surface area contributed by atoms with Crippen LogP contribution in [0.25, 0.3) is 33.8 Å². The highest BCUT2D eigenvalue weighted by Crippen LogP contribution is 2.31. The molecule has 0 aliphatic carbocycles. The van der Waals surface area contributed by atoms with Crippen molar-refractivity contribution in [3.63, 3.8) is 0 Å². The van der Waals surface area contributed by atoms with E-state index in [1.807, 2.05) is 40.8 Å². The predicted octanol–water partition coefficient (Wildman–Crippen LogP) is 2.09. The lowest BCUT2D eigenvalue weighted by molar-refractivity contribution is -0.376. The van der Waals surface area contributed by atoms with Gasteiger partial charge < -0.3 is 30.3 Å². The number of aliphatic imine (C=N–C) groups is 1. The van der Waals surface area contributed by atoms with E-state index in [0.717, 1.165) is 11.3 Å². The molecule has 39 heavy (non-hydrogen) atoms. The van der Waals surface area contributed by atoms with Gasteiger partial charge in [-0.15, -0.1) is 4.39 Å². The highest BCUT2D eigenvalue weighted by atomic mass is 19.2. The Kier molecular flexibility index (Phi) is 6.68. The summed E-state index contributed by atoms with van der Waals surface area (Å²) in [7, 11) is 1.89. The highest BCUT2D eigenvalue weighted by molar-refractivity contribution is 5.83. The number of pyridine rings is 2. The van der Waals surface area contributed by atoms with E-state index in [-0.39, 0.29) is 18.5 Å². The fourth-order valence-electron chi connectivity index (χ4n) is 4.07. The molecule has 3 aromatic heterocycles. The first-order valence-electron chi connectivity index (χ1n) is 11.7. The summed E-state index contributed by atoms with van der Waals surface area (Å²) >= 11 is 0. The number of rotatable bonds is 7. The van der Waals surface area contributed by atoms with Gasteiger partial charge in [0.1, 0.15) is 17.8 Å². The van der Waals surface area contributed by atoms with Gasteiger partial charge in [-0.05, 0) is 35.9 Å². The average Bonchev–Trinajstić information content (AvgIpc) is 3.25. The van der Waals surface area contributed by atoms with Crippen LogP contribution in [0.2, 0.25) is 0 Å². The lowest BCUT2D eigenvalue weighted by atomic mass is 10.2. The zero-order chi connectivity index (χ0) is 27.7. The van der Waals surface area contributed by atoms with Crippen LogP contribution >= 0.6 is 0 Å². The summed E-state index contributed by atoms with van der Waals surface area (Å²) in [5.41, 5.74) is 10.7. The molecular formula is C26H24FN7O5. The van der Waals surface area contributed by atoms with Crippen molar-refractivity contribution in [2.45, 2.75) is 19.8 Å². The summed E-state index contributed by atoms with van der Waals surface area (Å²) in [5, 5.41) is 17.6. The number of hydrogen-bond acceptors (Lipinski definition) is 11. The summed E-state index contributed by atoms with van der Waals surface area (Å²) in [6.45, 7) is 2.04. The van der Waals surface area contributed by atoms with Gasteiger partial charge in [-0.3, -0.25) is 9.36 Å². The second-order valence-electron chi connectivity index (χ2n) is 8.70. The molecule has 13 heteroatoms. The monoisotopic (exact) mass is 533 g/mol. The highest BCUT2D eigenvalue weighted by Gasteiger charge is 2.26. The van der Waals surface area contributed by atoms with Crippen molar-refractivity contribution < 1.29 is 28.9 Å². The molecule has 4 aromatic rings. The molecule has 0 amide bonds. The first kappa shape index (κ1) is 25.8. The molecule has 0 bridgehead atoms. The Morgan fingerprint density at radius 1 is 1.13 bits per heavy atom. The fraction of sp³-hybridized carbons (Fsp3) is 0.192. The van der Waals surface area contributed by atoms with E-state index in [1.165, 1.54) is 19.2 Å². The van der Waals surface area contributed by atoms with Gasteiger partial charge in [0.25, 0.3) is 0 Å². The Balaban J connectivity index is 1.62. The number of alkyl halides is 1. The minimum atomic E-state index is -3.84. The Morgan fingerprint density at radius 2 is 1.90 bits per heavy atom. The number of carbonyl (C=O) groups excluding carboxylic acids is 1. The molecule has 0 unspecified atom stereocenters. The van der Waals surface area contributed by atoms with E-state index in [2.05, 4.69) is 14.7 Å². The van der Waals surface area contributed by atoms with Crippen LogP contribution in [-0.2, 0) is 16.1 Å². The van der Waals surface area contributed by atoms with Gasteiger partial charge in [0.15, 0.2) is 17.3 Å². The Morgan fingerprint density at radius 3 is 2.54 bits per heavy atom. The number of ether oxygens (including phenoxy) is 2. The van der Waals surface area contributed by atoms with Crippen molar-refractivity contribution in [1.82, 2.24) is 24.4 Å². The number of carbonyl (C=O) groups is 1. The number of halogens is 1. The second-order valence-corrected chi connectivity index (χ2v) is 8.70. The SMILES string of the molecule is CC(=O)OCc1ccc(-n2c(C3=C(N)N=CCN3C)nc3ccc(-c4ccc(OC(O)(O)F)nc4)nc32)cc1. The number of aliphatic hydroxyl groups is 2. The van der Waals surface area contributed by atoms with Gasteiger partial charge in [-0.25, -0.2) is 19.9 Å². The maximum atomic E-state index is 13.0. The molecule has 1 aromatic carbocycles. The third-order valence-electron chi connectivity index (χ3n) is 5.83. The van der Waals surface area contributed by atoms with Crippen LogP contribution in [0.3, 0.4) is 0 Å². The van der Waals surface area contributed by atoms with Gasteiger partial charge in [-0.2, -0.15) is 0 Å². The van der Waals surface area contributed by atoms with E-state index < -0.39 is 6.23 Å². The van der Waals surface area contributed by atoms with E-state index >= 15 is 0 Å². The van der Waals surface area contributed by atoms with Crippen LogP contribution in [0.1, 0.15) is 18.3 Å². The van der Waals surface area contributed by atoms with Crippen molar-refractivity contribution >= 4 is 29.0 Å². The number of benzene rings is 1. The number of aromatic nitrogens is 4. The van der Waals surface area contributed by atoms with E-state index in [4.69, 9.17) is 30.7 Å². The number of imidazole rings is 1. The van der Waals surface area contributed by atoms with Crippen LogP contribution in [0.15, 0.2) is 65.5 Å². The third-order valence-corrected chi connectivity index (χ3v) is 5.83. The molecule has 4 heterocycles. The quantitative estimate of drug-likeness (QED) is 0.237. The Hall–Kier alpha value is -4.88. The summed E-state index contributed by atoms with van der Waals surface area (Å²) in [5.74, 6) is 0.152. The third kappa shape index (κ3) is 5.54. The smallest absolute Gasteiger partial charge is 0.461 e. The molecule has 1 aliphatic heterocycles. The predicted molar refractivity (Wildman–Crippen MR) is 139 cm³/mol.